The SMILES string of the molecule is CCN(CC)c1cc(OC)ccc1-c1c(Cl)c2ccc(OC)cc2n1C. The van der Waals surface area contributed by atoms with Crippen molar-refractivity contribution in [1.82, 2.24) is 4.57 Å². The first-order chi connectivity index (χ1) is 12.5. The topological polar surface area (TPSA) is 26.6 Å². The largest absolute Gasteiger partial charge is 0.497 e. The fraction of sp³-hybridized carbons (Fsp3) is 0.333. The predicted molar refractivity (Wildman–Crippen MR) is 110 cm³/mol. The number of hydrogen-bond acceptors (Lipinski definition) is 3. The third-order valence-corrected chi connectivity index (χ3v) is 5.29. The van der Waals surface area contributed by atoms with E-state index in [4.69, 9.17) is 21.1 Å². The van der Waals surface area contributed by atoms with Crippen LogP contribution in [0.2, 0.25) is 5.02 Å². The fourth-order valence-corrected chi connectivity index (χ4v) is 3.85. The molecule has 0 N–H and O–H groups in total. The lowest BCUT2D eigenvalue weighted by Crippen LogP contribution is -2.22. The molecule has 26 heavy (non-hydrogen) atoms. The van der Waals surface area contributed by atoms with E-state index in [1.165, 1.54) is 0 Å². The molecule has 0 saturated heterocycles. The molecule has 0 amide bonds. The maximum atomic E-state index is 6.82. The van der Waals surface area contributed by atoms with Gasteiger partial charge in [0.05, 0.1) is 30.5 Å². The van der Waals surface area contributed by atoms with Crippen LogP contribution >= 0.6 is 11.6 Å². The Morgan fingerprint density at radius 2 is 1.58 bits per heavy atom. The van der Waals surface area contributed by atoms with Crippen LogP contribution in [0.25, 0.3) is 22.2 Å². The van der Waals surface area contributed by atoms with Crippen molar-refractivity contribution in [3.05, 3.63) is 41.4 Å². The maximum Gasteiger partial charge on any atom is 0.120 e. The van der Waals surface area contributed by atoms with Gasteiger partial charge in [-0.05, 0) is 38.1 Å². The Bertz CT molecular complexity index is 929. The number of halogens is 1. The molecule has 4 nitrogen and oxygen atoms in total. The summed E-state index contributed by atoms with van der Waals surface area (Å²) in [6, 6.07) is 12.1. The van der Waals surface area contributed by atoms with E-state index in [9.17, 15) is 0 Å². The first kappa shape index (κ1) is 18.5. The molecule has 3 aromatic rings. The number of anilines is 1. The second kappa shape index (κ2) is 7.50. The Balaban J connectivity index is 2.29. The summed E-state index contributed by atoms with van der Waals surface area (Å²) in [5.41, 5.74) is 4.26. The lowest BCUT2D eigenvalue weighted by Gasteiger charge is -2.25. The maximum absolute atomic E-state index is 6.82. The molecule has 0 saturated carbocycles. The first-order valence-corrected chi connectivity index (χ1v) is 9.18. The first-order valence-electron chi connectivity index (χ1n) is 8.80. The van der Waals surface area contributed by atoms with Gasteiger partial charge in [-0.2, -0.15) is 0 Å². The highest BCUT2D eigenvalue weighted by atomic mass is 35.5. The van der Waals surface area contributed by atoms with E-state index in [0.717, 1.165) is 57.5 Å². The smallest absolute Gasteiger partial charge is 0.120 e. The van der Waals surface area contributed by atoms with Crippen LogP contribution in [-0.4, -0.2) is 31.9 Å². The van der Waals surface area contributed by atoms with Crippen LogP contribution in [0.3, 0.4) is 0 Å². The molecule has 1 heterocycles. The zero-order valence-corrected chi connectivity index (χ0v) is 16.7. The Morgan fingerprint density at radius 3 is 2.19 bits per heavy atom. The van der Waals surface area contributed by atoms with Crippen molar-refractivity contribution < 1.29 is 9.47 Å². The third kappa shape index (κ3) is 2.99. The van der Waals surface area contributed by atoms with Crippen molar-refractivity contribution in [2.75, 3.05) is 32.2 Å². The summed E-state index contributed by atoms with van der Waals surface area (Å²) < 4.78 is 13.0. The zero-order chi connectivity index (χ0) is 18.8. The number of fused-ring (bicyclic) bond motifs is 1. The van der Waals surface area contributed by atoms with E-state index in [2.05, 4.69) is 35.4 Å². The van der Waals surface area contributed by atoms with E-state index in [0.29, 0.717) is 0 Å². The summed E-state index contributed by atoms with van der Waals surface area (Å²) in [6.07, 6.45) is 0. The van der Waals surface area contributed by atoms with Gasteiger partial charge < -0.3 is 18.9 Å². The lowest BCUT2D eigenvalue weighted by molar-refractivity contribution is 0.415. The van der Waals surface area contributed by atoms with Gasteiger partial charge in [0.2, 0.25) is 0 Å². The molecule has 1 aromatic heterocycles. The summed E-state index contributed by atoms with van der Waals surface area (Å²) in [5.74, 6) is 1.66. The molecule has 3 rings (SSSR count). The van der Waals surface area contributed by atoms with E-state index in [1.807, 2.05) is 31.3 Å². The minimum Gasteiger partial charge on any atom is -0.497 e. The summed E-state index contributed by atoms with van der Waals surface area (Å²) in [6.45, 7) is 6.12. The van der Waals surface area contributed by atoms with Crippen LogP contribution in [-0.2, 0) is 7.05 Å². The van der Waals surface area contributed by atoms with E-state index in [-0.39, 0.29) is 0 Å². The van der Waals surface area contributed by atoms with Crippen LogP contribution < -0.4 is 14.4 Å². The van der Waals surface area contributed by atoms with Gasteiger partial charge in [-0.3, -0.25) is 0 Å². The minimum absolute atomic E-state index is 0.753. The van der Waals surface area contributed by atoms with Crippen molar-refractivity contribution in [3.63, 3.8) is 0 Å². The molecule has 2 aromatic carbocycles. The van der Waals surface area contributed by atoms with Gasteiger partial charge in [0.15, 0.2) is 0 Å². The number of nitrogens with zero attached hydrogens (tertiary/aromatic N) is 2. The van der Waals surface area contributed by atoms with Gasteiger partial charge >= 0.3 is 0 Å². The Labute approximate surface area is 159 Å². The van der Waals surface area contributed by atoms with Gasteiger partial charge in [0.25, 0.3) is 0 Å². The van der Waals surface area contributed by atoms with Crippen LogP contribution in [0.5, 0.6) is 11.5 Å². The Morgan fingerprint density at radius 1 is 0.962 bits per heavy atom. The number of hydrogen-bond donors (Lipinski definition) is 0. The highest BCUT2D eigenvalue weighted by molar-refractivity contribution is 6.38. The monoisotopic (exact) mass is 372 g/mol. The second-order valence-electron chi connectivity index (χ2n) is 6.16. The Kier molecular flexibility index (Phi) is 5.33. The molecule has 0 aliphatic heterocycles. The quantitative estimate of drug-likeness (QED) is 0.582. The molecular formula is C21H25ClN2O2. The molecule has 0 spiro atoms. The van der Waals surface area contributed by atoms with Crippen LogP contribution in [0.4, 0.5) is 5.69 Å². The number of rotatable bonds is 6. The Hall–Kier alpha value is -2.33. The number of ether oxygens (including phenoxy) is 2. The van der Waals surface area contributed by atoms with E-state index < -0.39 is 0 Å². The lowest BCUT2D eigenvalue weighted by atomic mass is 10.1. The highest BCUT2D eigenvalue weighted by Crippen LogP contribution is 2.42. The summed E-state index contributed by atoms with van der Waals surface area (Å²) in [7, 11) is 5.41. The normalized spacial score (nSPS) is 11.0. The minimum atomic E-state index is 0.753. The van der Waals surface area contributed by atoms with Gasteiger partial charge in [0.1, 0.15) is 11.5 Å². The average molecular weight is 373 g/mol. The number of aryl methyl sites for hydroxylation is 1. The molecule has 0 radical (unpaired) electrons. The van der Waals surface area contributed by atoms with Gasteiger partial charge in [0, 0.05) is 48.9 Å². The third-order valence-electron chi connectivity index (χ3n) is 4.91. The molecule has 0 unspecified atom stereocenters. The summed E-state index contributed by atoms with van der Waals surface area (Å²) >= 11 is 6.82. The van der Waals surface area contributed by atoms with Gasteiger partial charge in [-0.1, -0.05) is 11.6 Å². The number of aromatic nitrogens is 1. The molecule has 0 aliphatic carbocycles. The van der Waals surface area contributed by atoms with Crippen molar-refractivity contribution >= 4 is 28.2 Å². The second-order valence-corrected chi connectivity index (χ2v) is 6.54. The fourth-order valence-electron chi connectivity index (χ4n) is 3.46. The molecule has 0 fully saturated rings. The van der Waals surface area contributed by atoms with Gasteiger partial charge in [-0.15, -0.1) is 0 Å². The molecule has 5 heteroatoms. The molecular weight excluding hydrogens is 348 g/mol. The van der Waals surface area contributed by atoms with E-state index in [1.54, 1.807) is 14.2 Å². The van der Waals surface area contributed by atoms with Crippen LogP contribution in [0.1, 0.15) is 13.8 Å². The molecule has 0 bridgehead atoms. The van der Waals surface area contributed by atoms with Crippen molar-refractivity contribution in [1.29, 1.82) is 0 Å². The molecule has 0 aliphatic rings. The van der Waals surface area contributed by atoms with Crippen LogP contribution in [0, 0.1) is 0 Å². The summed E-state index contributed by atoms with van der Waals surface area (Å²) in [4.78, 5) is 2.31. The number of benzene rings is 2. The summed E-state index contributed by atoms with van der Waals surface area (Å²) in [5, 5.41) is 1.77. The van der Waals surface area contributed by atoms with Crippen molar-refractivity contribution in [2.24, 2.45) is 7.05 Å². The predicted octanol–water partition coefficient (Wildman–Crippen LogP) is 5.36. The molecule has 138 valence electrons. The zero-order valence-electron chi connectivity index (χ0n) is 16.0. The van der Waals surface area contributed by atoms with E-state index >= 15 is 0 Å². The molecule has 0 atom stereocenters. The van der Waals surface area contributed by atoms with Crippen LogP contribution in [0.15, 0.2) is 36.4 Å². The average Bonchev–Trinajstić information content (AvgIpc) is 2.92. The van der Waals surface area contributed by atoms with Gasteiger partial charge in [-0.25, -0.2) is 0 Å². The number of methoxy groups -OCH3 is 2. The van der Waals surface area contributed by atoms with Crippen molar-refractivity contribution in [2.45, 2.75) is 13.8 Å². The van der Waals surface area contributed by atoms with Crippen molar-refractivity contribution in [3.8, 4) is 22.8 Å². The highest BCUT2D eigenvalue weighted by Gasteiger charge is 2.20. The standard InChI is InChI=1S/C21H25ClN2O2/c1-6-24(7-2)19-13-15(26-5)9-11-17(19)21-20(22)16-10-8-14(25-4)12-18(16)23(21)3/h8-13H,6-7H2,1-5H3.